The Bertz CT molecular complexity index is 539. The Morgan fingerprint density at radius 1 is 1.35 bits per heavy atom. The van der Waals surface area contributed by atoms with Gasteiger partial charge in [-0.05, 0) is 25.5 Å². The van der Waals surface area contributed by atoms with Gasteiger partial charge in [0.25, 0.3) is 0 Å². The van der Waals surface area contributed by atoms with Crippen LogP contribution in [0.25, 0.3) is 6.08 Å². The van der Waals surface area contributed by atoms with Gasteiger partial charge in [-0.15, -0.1) is 0 Å². The van der Waals surface area contributed by atoms with E-state index in [-0.39, 0.29) is 80.5 Å². The molecule has 1 aromatic rings. The minimum atomic E-state index is -0.324. The molecule has 0 aliphatic rings. The van der Waals surface area contributed by atoms with E-state index in [0.29, 0.717) is 6.61 Å². The summed E-state index contributed by atoms with van der Waals surface area (Å²) in [7, 11) is 1.79. The summed E-state index contributed by atoms with van der Waals surface area (Å²) >= 11 is 0. The van der Waals surface area contributed by atoms with Crippen LogP contribution in [0.15, 0.2) is 24.3 Å². The Kier molecular flexibility index (Phi) is 11.4. The van der Waals surface area contributed by atoms with Crippen LogP contribution < -0.4 is 74.4 Å². The predicted octanol–water partition coefficient (Wildman–Crippen LogP) is 0.229. The second-order valence-electron chi connectivity index (χ2n) is 5.95. The van der Waals surface area contributed by atoms with E-state index in [4.69, 9.17) is 9.39 Å². The Morgan fingerprint density at radius 3 is 2.52 bits per heavy atom. The molecule has 1 rings (SSSR count). The number of ether oxygens (including phenoxy) is 1. The average Bonchev–Trinajstić information content (AvgIpc) is 2.44. The van der Waals surface area contributed by atoms with Gasteiger partial charge in [-0.2, -0.15) is 13.8 Å². The Morgan fingerprint density at radius 2 is 2.00 bits per heavy atom. The number of benzene rings is 1. The molecule has 0 saturated carbocycles. The number of hydrogen-bond donors (Lipinski definition) is 0. The predicted molar refractivity (Wildman–Crippen MR) is 92.0 cm³/mol. The fraction of sp³-hybridized carbons (Fsp3) is 0.444. The fourth-order valence-corrected chi connectivity index (χ4v) is 1.62. The van der Waals surface area contributed by atoms with E-state index in [0.717, 1.165) is 16.6 Å². The largest absolute Gasteiger partial charge is 1.00 e. The van der Waals surface area contributed by atoms with E-state index in [1.54, 1.807) is 20.5 Å². The maximum absolute atomic E-state index is 11.3. The van der Waals surface area contributed by atoms with Crippen LogP contribution in [0.2, 0.25) is 0 Å². The standard InChI is InChI=1S/C18H25BO3.Cs/c1-7-21-17(20)11-9-15-8-10-16(14(4)12-15)19-22-18(5,6)13(2)3;/h8-12H,7H2,1-6H3;/q-1;+1/b11-9+;. The first kappa shape index (κ1) is 23.5. The number of aryl methyl sites for hydroxylation is 1. The summed E-state index contributed by atoms with van der Waals surface area (Å²) in [4.78, 5) is 11.3. The van der Waals surface area contributed by atoms with E-state index in [2.05, 4.69) is 13.8 Å². The molecule has 0 spiro atoms. The van der Waals surface area contributed by atoms with Crippen molar-refractivity contribution in [2.24, 2.45) is 0 Å². The number of esters is 1. The summed E-state index contributed by atoms with van der Waals surface area (Å²) in [6.07, 6.45) is 3.19. The van der Waals surface area contributed by atoms with Gasteiger partial charge in [0.2, 0.25) is 0 Å². The molecule has 0 aliphatic carbocycles. The SMILES string of the molecule is CCOC(=O)/C=C/c1ccc([B]OC(C)(C)[C-](C)C)c(C)c1.[Cs+]. The number of rotatable bonds is 7. The topological polar surface area (TPSA) is 35.5 Å². The first-order valence-corrected chi connectivity index (χ1v) is 7.53. The van der Waals surface area contributed by atoms with Gasteiger partial charge in [-0.25, -0.2) is 4.79 Å². The molecule has 0 bridgehead atoms. The minimum absolute atomic E-state index is 0. The van der Waals surface area contributed by atoms with Crippen LogP contribution in [0, 0.1) is 12.8 Å². The van der Waals surface area contributed by atoms with E-state index in [1.165, 1.54) is 12.0 Å². The molecule has 1 radical (unpaired) electrons. The summed E-state index contributed by atoms with van der Waals surface area (Å²) in [6, 6.07) is 5.95. The molecular formula is C18H25BCsO3. The molecule has 1 aromatic carbocycles. The first-order valence-electron chi connectivity index (χ1n) is 7.53. The van der Waals surface area contributed by atoms with Crippen molar-refractivity contribution in [1.29, 1.82) is 0 Å². The fourth-order valence-electron chi connectivity index (χ4n) is 1.62. The van der Waals surface area contributed by atoms with Crippen LogP contribution in [0.5, 0.6) is 0 Å². The maximum Gasteiger partial charge on any atom is 1.00 e. The summed E-state index contributed by atoms with van der Waals surface area (Å²) in [5.74, 6) is 0.894. The Hall–Kier alpha value is 0.507. The van der Waals surface area contributed by atoms with E-state index >= 15 is 0 Å². The minimum Gasteiger partial charge on any atom is -0.463 e. The van der Waals surface area contributed by atoms with Gasteiger partial charge in [0.05, 0.1) is 6.61 Å². The van der Waals surface area contributed by atoms with Crippen molar-refractivity contribution < 1.29 is 83.1 Å². The van der Waals surface area contributed by atoms with E-state index < -0.39 is 0 Å². The van der Waals surface area contributed by atoms with Crippen molar-refractivity contribution >= 4 is 25.0 Å². The van der Waals surface area contributed by atoms with E-state index in [1.807, 2.05) is 39.0 Å². The zero-order valence-electron chi connectivity index (χ0n) is 15.4. The van der Waals surface area contributed by atoms with Gasteiger partial charge in [0, 0.05) is 6.08 Å². The molecule has 0 atom stereocenters. The van der Waals surface area contributed by atoms with Crippen molar-refractivity contribution in [3.05, 3.63) is 41.3 Å². The van der Waals surface area contributed by atoms with Crippen molar-refractivity contribution in [3.63, 3.8) is 0 Å². The number of carbonyl (C=O) groups excluding carboxylic acids is 1. The van der Waals surface area contributed by atoms with Gasteiger partial charge in [-0.3, -0.25) is 5.92 Å². The third-order valence-electron chi connectivity index (χ3n) is 3.68. The van der Waals surface area contributed by atoms with Crippen LogP contribution in [0.3, 0.4) is 0 Å². The smallest absolute Gasteiger partial charge is 0.463 e. The van der Waals surface area contributed by atoms with Gasteiger partial charge >= 0.3 is 82.3 Å². The first-order chi connectivity index (χ1) is 10.3. The molecule has 0 saturated heterocycles. The molecule has 3 nitrogen and oxygen atoms in total. The van der Waals surface area contributed by atoms with Crippen LogP contribution in [-0.4, -0.2) is 25.7 Å². The number of hydrogen-bond acceptors (Lipinski definition) is 3. The number of carbonyl (C=O) groups is 1. The van der Waals surface area contributed by atoms with Crippen molar-refractivity contribution in [1.82, 2.24) is 0 Å². The van der Waals surface area contributed by atoms with E-state index in [9.17, 15) is 4.79 Å². The summed E-state index contributed by atoms with van der Waals surface area (Å²) in [6.45, 7) is 12.4. The monoisotopic (exact) mass is 433 g/mol. The third kappa shape index (κ3) is 8.43. The van der Waals surface area contributed by atoms with Crippen molar-refractivity contribution in [2.45, 2.75) is 47.1 Å². The summed E-state index contributed by atoms with van der Waals surface area (Å²) in [5.41, 5.74) is 2.80. The summed E-state index contributed by atoms with van der Waals surface area (Å²) < 4.78 is 10.7. The zero-order chi connectivity index (χ0) is 16.8. The molecule has 0 heterocycles. The Labute approximate surface area is 200 Å². The molecule has 119 valence electrons. The van der Waals surface area contributed by atoms with Crippen LogP contribution in [0.4, 0.5) is 0 Å². The molecular weight excluding hydrogens is 408 g/mol. The molecule has 0 N–H and O–H groups in total. The molecule has 0 unspecified atom stereocenters. The second-order valence-corrected chi connectivity index (χ2v) is 5.95. The van der Waals surface area contributed by atoms with Gasteiger partial charge < -0.3 is 9.39 Å². The second kappa shape index (κ2) is 11.2. The van der Waals surface area contributed by atoms with Crippen LogP contribution in [-0.2, 0) is 14.2 Å². The average molecular weight is 433 g/mol. The van der Waals surface area contributed by atoms with Gasteiger partial charge in [0.15, 0.2) is 0 Å². The molecule has 5 heteroatoms. The molecule has 0 amide bonds. The summed E-state index contributed by atoms with van der Waals surface area (Å²) in [5, 5.41) is 0. The van der Waals surface area contributed by atoms with Crippen LogP contribution >= 0.6 is 0 Å². The normalized spacial score (nSPS) is 11.4. The molecule has 0 aromatic heterocycles. The molecule has 0 fully saturated rings. The van der Waals surface area contributed by atoms with Crippen molar-refractivity contribution in [2.75, 3.05) is 6.61 Å². The van der Waals surface area contributed by atoms with Gasteiger partial charge in [-0.1, -0.05) is 48.7 Å². The maximum atomic E-state index is 11.3. The van der Waals surface area contributed by atoms with Crippen molar-refractivity contribution in [3.8, 4) is 0 Å². The van der Waals surface area contributed by atoms with Crippen LogP contribution in [0.1, 0.15) is 45.7 Å². The molecule has 23 heavy (non-hydrogen) atoms. The zero-order valence-corrected chi connectivity index (χ0v) is 21.7. The quantitative estimate of drug-likeness (QED) is 0.268. The van der Waals surface area contributed by atoms with Gasteiger partial charge in [0.1, 0.15) is 0 Å². The third-order valence-corrected chi connectivity index (χ3v) is 3.68. The molecule has 0 aliphatic heterocycles. The Balaban J connectivity index is 0.00000484.